The fourth-order valence-electron chi connectivity index (χ4n) is 2.52. The number of nitro benzene ring substituents is 1. The van der Waals surface area contributed by atoms with Crippen LogP contribution in [0.1, 0.15) is 23.2 Å². The van der Waals surface area contributed by atoms with Crippen LogP contribution in [-0.4, -0.2) is 48.3 Å². The maximum atomic E-state index is 12.2. The van der Waals surface area contributed by atoms with Gasteiger partial charge in [0.05, 0.1) is 18.1 Å². The van der Waals surface area contributed by atoms with E-state index in [1.807, 2.05) is 4.90 Å². The molecule has 0 atom stereocenters. The summed E-state index contributed by atoms with van der Waals surface area (Å²) >= 11 is 5.05. The van der Waals surface area contributed by atoms with Crippen molar-refractivity contribution in [3.8, 4) is 0 Å². The fourth-order valence-corrected chi connectivity index (χ4v) is 2.74. The number of carbonyl (C=O) groups is 1. The van der Waals surface area contributed by atoms with E-state index in [9.17, 15) is 14.9 Å². The number of thiocarbonyl (C=S) groups is 1. The molecule has 1 aliphatic heterocycles. The molecular weight excluding hydrogens is 346 g/mol. The first-order valence-corrected chi connectivity index (χ1v) is 8.43. The molecule has 0 bridgehead atoms. The number of benzene rings is 1. The van der Waals surface area contributed by atoms with Gasteiger partial charge in [-0.25, -0.2) is 0 Å². The molecule has 10 heteroatoms. The van der Waals surface area contributed by atoms with Crippen LogP contribution >= 0.6 is 12.2 Å². The van der Waals surface area contributed by atoms with Crippen LogP contribution in [0.15, 0.2) is 18.2 Å². The summed E-state index contributed by atoms with van der Waals surface area (Å²) in [6, 6.07) is 4.80. The minimum Gasteiger partial charge on any atom is -0.378 e. The van der Waals surface area contributed by atoms with Gasteiger partial charge in [-0.2, -0.15) is 0 Å². The third-order valence-corrected chi connectivity index (χ3v) is 4.21. The van der Waals surface area contributed by atoms with Crippen molar-refractivity contribution in [2.75, 3.05) is 31.2 Å². The Hall–Kier alpha value is -2.46. The molecule has 0 aromatic heterocycles. The third-order valence-electron chi connectivity index (χ3n) is 3.99. The Morgan fingerprint density at radius 3 is 2.64 bits per heavy atom. The summed E-state index contributed by atoms with van der Waals surface area (Å²) in [6.07, 6.45) is 2.12. The van der Waals surface area contributed by atoms with Crippen LogP contribution in [-0.2, 0) is 4.74 Å². The molecule has 9 nitrogen and oxygen atoms in total. The highest BCUT2D eigenvalue weighted by Gasteiger charge is 2.24. The molecule has 1 heterocycles. The molecule has 3 rings (SSSR count). The maximum Gasteiger partial charge on any atom is 0.293 e. The van der Waals surface area contributed by atoms with Gasteiger partial charge in [-0.1, -0.05) is 0 Å². The average Bonchev–Trinajstić information content (AvgIpc) is 3.43. The van der Waals surface area contributed by atoms with Gasteiger partial charge in [-0.05, 0) is 37.2 Å². The van der Waals surface area contributed by atoms with Crippen LogP contribution in [0, 0.1) is 10.1 Å². The number of hydrogen-bond donors (Lipinski definition) is 3. The number of carbonyl (C=O) groups excluding carboxylic acids is 1. The van der Waals surface area contributed by atoms with Crippen molar-refractivity contribution in [3.63, 3.8) is 0 Å². The van der Waals surface area contributed by atoms with E-state index in [4.69, 9.17) is 17.0 Å². The monoisotopic (exact) mass is 365 g/mol. The van der Waals surface area contributed by atoms with Crippen molar-refractivity contribution in [2.24, 2.45) is 0 Å². The summed E-state index contributed by atoms with van der Waals surface area (Å²) < 4.78 is 5.27. The Morgan fingerprint density at radius 2 is 2.00 bits per heavy atom. The fraction of sp³-hybridized carbons (Fsp3) is 0.467. The highest BCUT2D eigenvalue weighted by atomic mass is 32.1. The lowest BCUT2D eigenvalue weighted by atomic mass is 10.1. The van der Waals surface area contributed by atoms with Crippen LogP contribution in [0.3, 0.4) is 0 Å². The second kappa shape index (κ2) is 7.62. The van der Waals surface area contributed by atoms with Gasteiger partial charge >= 0.3 is 0 Å². The number of hydrazine groups is 1. The largest absolute Gasteiger partial charge is 0.378 e. The van der Waals surface area contributed by atoms with E-state index in [2.05, 4.69) is 16.2 Å². The third kappa shape index (κ3) is 4.54. The number of rotatable bonds is 4. The zero-order valence-corrected chi connectivity index (χ0v) is 14.3. The summed E-state index contributed by atoms with van der Waals surface area (Å²) in [5, 5.41) is 14.8. The smallest absolute Gasteiger partial charge is 0.293 e. The normalized spacial score (nSPS) is 16.9. The molecule has 1 aromatic carbocycles. The van der Waals surface area contributed by atoms with Crippen LogP contribution in [0.25, 0.3) is 0 Å². The van der Waals surface area contributed by atoms with E-state index in [0.29, 0.717) is 43.1 Å². The average molecular weight is 365 g/mol. The maximum absolute atomic E-state index is 12.2. The number of morpholine rings is 1. The predicted octanol–water partition coefficient (Wildman–Crippen LogP) is 0.703. The number of hydrogen-bond acceptors (Lipinski definition) is 6. The van der Waals surface area contributed by atoms with E-state index in [-0.39, 0.29) is 11.3 Å². The summed E-state index contributed by atoms with van der Waals surface area (Å²) in [7, 11) is 0. The molecule has 1 saturated carbocycles. The lowest BCUT2D eigenvalue weighted by Crippen LogP contribution is -2.47. The van der Waals surface area contributed by atoms with Gasteiger partial charge in [-0.15, -0.1) is 0 Å². The Balaban J connectivity index is 1.68. The van der Waals surface area contributed by atoms with E-state index < -0.39 is 10.8 Å². The lowest BCUT2D eigenvalue weighted by molar-refractivity contribution is -0.384. The van der Waals surface area contributed by atoms with Gasteiger partial charge in [0.1, 0.15) is 5.69 Å². The van der Waals surface area contributed by atoms with Crippen LogP contribution in [0.5, 0.6) is 0 Å². The van der Waals surface area contributed by atoms with Gasteiger partial charge < -0.3 is 15.0 Å². The number of nitro groups is 1. The first-order valence-electron chi connectivity index (χ1n) is 8.02. The topological polar surface area (TPSA) is 109 Å². The van der Waals surface area contributed by atoms with Crippen LogP contribution in [0.4, 0.5) is 11.4 Å². The summed E-state index contributed by atoms with van der Waals surface area (Å²) in [5.74, 6) is -0.489. The number of ether oxygens (including phenoxy) is 1. The van der Waals surface area contributed by atoms with Crippen molar-refractivity contribution < 1.29 is 14.5 Å². The number of nitrogens with one attached hydrogen (secondary N) is 3. The Kier molecular flexibility index (Phi) is 5.29. The van der Waals surface area contributed by atoms with Gasteiger partial charge in [0, 0.05) is 30.8 Å². The predicted molar refractivity (Wildman–Crippen MR) is 95.5 cm³/mol. The van der Waals surface area contributed by atoms with E-state index in [1.165, 1.54) is 6.07 Å². The molecule has 0 spiro atoms. The van der Waals surface area contributed by atoms with Crippen LogP contribution in [0.2, 0.25) is 0 Å². The van der Waals surface area contributed by atoms with Crippen molar-refractivity contribution in [1.29, 1.82) is 0 Å². The lowest BCUT2D eigenvalue weighted by Gasteiger charge is -2.28. The van der Waals surface area contributed by atoms with Gasteiger partial charge in [0.15, 0.2) is 5.11 Å². The van der Waals surface area contributed by atoms with Crippen molar-refractivity contribution in [1.82, 2.24) is 16.2 Å². The van der Waals surface area contributed by atoms with Crippen LogP contribution < -0.4 is 21.1 Å². The first kappa shape index (κ1) is 17.4. The molecule has 1 aliphatic carbocycles. The molecule has 2 aliphatic rings. The van der Waals surface area contributed by atoms with E-state index >= 15 is 0 Å². The van der Waals surface area contributed by atoms with E-state index in [1.54, 1.807) is 12.1 Å². The molecule has 0 radical (unpaired) electrons. The van der Waals surface area contributed by atoms with E-state index in [0.717, 1.165) is 12.8 Å². The SMILES string of the molecule is O=C(NNC(=S)NC1CC1)c1ccc(N2CCOCC2)c([N+](=O)[O-])c1. The van der Waals surface area contributed by atoms with Crippen molar-refractivity contribution in [3.05, 3.63) is 33.9 Å². The highest BCUT2D eigenvalue weighted by Crippen LogP contribution is 2.29. The Labute approximate surface area is 149 Å². The van der Waals surface area contributed by atoms with Gasteiger partial charge in [-0.3, -0.25) is 25.8 Å². The zero-order chi connectivity index (χ0) is 17.8. The number of anilines is 1. The molecule has 0 unspecified atom stereocenters. The molecule has 1 saturated heterocycles. The highest BCUT2D eigenvalue weighted by molar-refractivity contribution is 7.80. The summed E-state index contributed by atoms with van der Waals surface area (Å²) in [4.78, 5) is 25.0. The molecule has 3 N–H and O–H groups in total. The summed E-state index contributed by atoms with van der Waals surface area (Å²) in [5.41, 5.74) is 5.62. The van der Waals surface area contributed by atoms with Crippen molar-refractivity contribution >= 4 is 34.6 Å². The minimum atomic E-state index is -0.489. The number of amides is 1. The second-order valence-corrected chi connectivity index (χ2v) is 6.30. The van der Waals surface area contributed by atoms with Gasteiger partial charge in [0.25, 0.3) is 11.6 Å². The molecule has 25 heavy (non-hydrogen) atoms. The zero-order valence-electron chi connectivity index (χ0n) is 13.5. The van der Waals surface area contributed by atoms with Gasteiger partial charge in [0.2, 0.25) is 0 Å². The molecule has 2 fully saturated rings. The minimum absolute atomic E-state index is 0.103. The molecule has 1 aromatic rings. The summed E-state index contributed by atoms with van der Waals surface area (Å²) in [6.45, 7) is 2.20. The Morgan fingerprint density at radius 1 is 1.28 bits per heavy atom. The molecule has 134 valence electrons. The molecule has 1 amide bonds. The molecular formula is C15H19N5O4S. The first-order chi connectivity index (χ1) is 12.0. The quantitative estimate of drug-likeness (QED) is 0.407. The standard InChI is InChI=1S/C15H19N5O4S/c21-14(17-18-15(25)16-11-2-3-11)10-1-4-12(13(9-10)20(22)23)19-5-7-24-8-6-19/h1,4,9,11H,2-3,5-8H2,(H,17,21)(H2,16,18,25). The number of nitrogens with zero attached hydrogens (tertiary/aromatic N) is 2. The Bertz CT molecular complexity index is 688. The second-order valence-electron chi connectivity index (χ2n) is 5.89. The van der Waals surface area contributed by atoms with Crippen molar-refractivity contribution in [2.45, 2.75) is 18.9 Å².